The van der Waals surface area contributed by atoms with Crippen molar-refractivity contribution in [2.45, 2.75) is 59.4 Å². The Balaban J connectivity index is 2.29. The van der Waals surface area contributed by atoms with E-state index >= 15 is 0 Å². The number of hydrogen-bond acceptors (Lipinski definition) is 2. The predicted octanol–water partition coefficient (Wildman–Crippen LogP) is 3.13. The monoisotopic (exact) mass is 240 g/mol. The molecule has 2 nitrogen and oxygen atoms in total. The first-order valence-electron chi connectivity index (χ1n) is 7.58. The molecule has 102 valence electrons. The van der Waals surface area contributed by atoms with Gasteiger partial charge in [-0.1, -0.05) is 20.8 Å². The van der Waals surface area contributed by atoms with E-state index in [1.165, 1.54) is 51.9 Å². The minimum Gasteiger partial charge on any atom is -0.317 e. The average Bonchev–Trinajstić information content (AvgIpc) is 2.34. The maximum Gasteiger partial charge on any atom is 0.00670 e. The Morgan fingerprint density at radius 1 is 1.12 bits per heavy atom. The number of nitrogens with zero attached hydrogens (tertiary/aromatic N) is 1. The van der Waals surface area contributed by atoms with Crippen molar-refractivity contribution < 1.29 is 0 Å². The molecule has 0 bridgehead atoms. The van der Waals surface area contributed by atoms with Crippen molar-refractivity contribution in [3.8, 4) is 0 Å². The van der Waals surface area contributed by atoms with Gasteiger partial charge in [-0.05, 0) is 64.1 Å². The van der Waals surface area contributed by atoms with E-state index in [0.29, 0.717) is 0 Å². The molecule has 0 aromatic rings. The van der Waals surface area contributed by atoms with Crippen LogP contribution in [0.25, 0.3) is 0 Å². The van der Waals surface area contributed by atoms with Gasteiger partial charge in [0.15, 0.2) is 0 Å². The first kappa shape index (κ1) is 15.0. The van der Waals surface area contributed by atoms with Gasteiger partial charge in [-0.2, -0.15) is 0 Å². The summed E-state index contributed by atoms with van der Waals surface area (Å²) in [7, 11) is 0. The van der Waals surface area contributed by atoms with Gasteiger partial charge in [-0.15, -0.1) is 0 Å². The van der Waals surface area contributed by atoms with Gasteiger partial charge in [0, 0.05) is 12.6 Å². The van der Waals surface area contributed by atoms with Crippen LogP contribution in [0.3, 0.4) is 0 Å². The van der Waals surface area contributed by atoms with Crippen LogP contribution in [0, 0.1) is 11.8 Å². The zero-order valence-electron chi connectivity index (χ0n) is 12.3. The van der Waals surface area contributed by atoms with Crippen LogP contribution >= 0.6 is 0 Å². The Morgan fingerprint density at radius 3 is 2.29 bits per heavy atom. The Kier molecular flexibility index (Phi) is 7.14. The highest BCUT2D eigenvalue weighted by atomic mass is 15.1. The second-order valence-corrected chi connectivity index (χ2v) is 6.10. The van der Waals surface area contributed by atoms with E-state index in [1.54, 1.807) is 0 Å². The van der Waals surface area contributed by atoms with E-state index in [-0.39, 0.29) is 0 Å². The zero-order chi connectivity index (χ0) is 12.7. The molecule has 1 rings (SSSR count). The molecule has 0 amide bonds. The lowest BCUT2D eigenvalue weighted by Gasteiger charge is -2.33. The molecule has 0 saturated carbocycles. The zero-order valence-corrected chi connectivity index (χ0v) is 12.3. The molecule has 1 fully saturated rings. The molecule has 17 heavy (non-hydrogen) atoms. The number of rotatable bonds is 7. The van der Waals surface area contributed by atoms with Crippen LogP contribution in [-0.4, -0.2) is 37.1 Å². The lowest BCUT2D eigenvalue weighted by Crippen LogP contribution is -2.40. The lowest BCUT2D eigenvalue weighted by atomic mass is 9.96. The Morgan fingerprint density at radius 2 is 1.76 bits per heavy atom. The SMILES string of the molecule is CCN(CC1CCNCC1)C(C)CCC(C)C. The van der Waals surface area contributed by atoms with Crippen LogP contribution in [0.5, 0.6) is 0 Å². The van der Waals surface area contributed by atoms with Crippen LogP contribution in [0.4, 0.5) is 0 Å². The van der Waals surface area contributed by atoms with Gasteiger partial charge in [-0.25, -0.2) is 0 Å². The average molecular weight is 240 g/mol. The minimum atomic E-state index is 0.761. The van der Waals surface area contributed by atoms with Crippen molar-refractivity contribution in [1.82, 2.24) is 10.2 Å². The van der Waals surface area contributed by atoms with Crippen LogP contribution in [0.2, 0.25) is 0 Å². The topological polar surface area (TPSA) is 15.3 Å². The summed E-state index contributed by atoms with van der Waals surface area (Å²) in [5.41, 5.74) is 0. The summed E-state index contributed by atoms with van der Waals surface area (Å²) in [4.78, 5) is 2.69. The lowest BCUT2D eigenvalue weighted by molar-refractivity contribution is 0.157. The third-order valence-corrected chi connectivity index (χ3v) is 4.14. The molecule has 1 atom stereocenters. The molecule has 1 unspecified atom stereocenters. The fourth-order valence-electron chi connectivity index (χ4n) is 2.77. The first-order chi connectivity index (χ1) is 8.13. The molecular formula is C15H32N2. The molecule has 1 saturated heterocycles. The van der Waals surface area contributed by atoms with Gasteiger partial charge >= 0.3 is 0 Å². The molecular weight excluding hydrogens is 208 g/mol. The van der Waals surface area contributed by atoms with Gasteiger partial charge < -0.3 is 10.2 Å². The van der Waals surface area contributed by atoms with Crippen LogP contribution in [0.15, 0.2) is 0 Å². The molecule has 0 aromatic heterocycles. The number of piperidine rings is 1. The molecule has 1 heterocycles. The summed E-state index contributed by atoms with van der Waals surface area (Å²) >= 11 is 0. The molecule has 0 aliphatic carbocycles. The second kappa shape index (κ2) is 8.10. The van der Waals surface area contributed by atoms with Crippen molar-refractivity contribution in [3.63, 3.8) is 0 Å². The maximum atomic E-state index is 3.46. The van der Waals surface area contributed by atoms with Gasteiger partial charge in [0.25, 0.3) is 0 Å². The van der Waals surface area contributed by atoms with Crippen molar-refractivity contribution in [2.75, 3.05) is 26.2 Å². The van der Waals surface area contributed by atoms with E-state index in [1.807, 2.05) is 0 Å². The van der Waals surface area contributed by atoms with Gasteiger partial charge in [-0.3, -0.25) is 0 Å². The highest BCUT2D eigenvalue weighted by molar-refractivity contribution is 4.75. The van der Waals surface area contributed by atoms with Crippen LogP contribution < -0.4 is 5.32 Å². The largest absolute Gasteiger partial charge is 0.317 e. The first-order valence-corrected chi connectivity index (χ1v) is 7.58. The van der Waals surface area contributed by atoms with Crippen molar-refractivity contribution in [2.24, 2.45) is 11.8 Å². The Hall–Kier alpha value is -0.0800. The fourth-order valence-corrected chi connectivity index (χ4v) is 2.77. The van der Waals surface area contributed by atoms with Crippen molar-refractivity contribution in [3.05, 3.63) is 0 Å². The Bertz CT molecular complexity index is 185. The highest BCUT2D eigenvalue weighted by Gasteiger charge is 2.19. The predicted molar refractivity (Wildman–Crippen MR) is 76.4 cm³/mol. The molecule has 1 aliphatic heterocycles. The van der Waals surface area contributed by atoms with Gasteiger partial charge in [0.05, 0.1) is 0 Å². The van der Waals surface area contributed by atoms with Crippen molar-refractivity contribution >= 4 is 0 Å². The van der Waals surface area contributed by atoms with E-state index in [2.05, 4.69) is 37.9 Å². The number of hydrogen-bond donors (Lipinski definition) is 1. The molecule has 0 spiro atoms. The normalized spacial score (nSPS) is 20.1. The summed E-state index contributed by atoms with van der Waals surface area (Å²) in [6.45, 7) is 14.4. The van der Waals surface area contributed by atoms with Gasteiger partial charge in [0.2, 0.25) is 0 Å². The quantitative estimate of drug-likeness (QED) is 0.735. The summed E-state index contributed by atoms with van der Waals surface area (Å²) < 4.78 is 0. The fraction of sp³-hybridized carbons (Fsp3) is 1.00. The highest BCUT2D eigenvalue weighted by Crippen LogP contribution is 2.17. The van der Waals surface area contributed by atoms with Gasteiger partial charge in [0.1, 0.15) is 0 Å². The molecule has 0 aromatic carbocycles. The summed E-state index contributed by atoms with van der Waals surface area (Å²) in [5.74, 6) is 1.77. The van der Waals surface area contributed by atoms with E-state index < -0.39 is 0 Å². The third-order valence-electron chi connectivity index (χ3n) is 4.14. The molecule has 1 N–H and O–H groups in total. The maximum absolute atomic E-state index is 3.46. The molecule has 1 aliphatic rings. The second-order valence-electron chi connectivity index (χ2n) is 6.10. The van der Waals surface area contributed by atoms with E-state index in [4.69, 9.17) is 0 Å². The van der Waals surface area contributed by atoms with Crippen molar-refractivity contribution in [1.29, 1.82) is 0 Å². The van der Waals surface area contributed by atoms with Crippen LogP contribution in [0.1, 0.15) is 53.4 Å². The van der Waals surface area contributed by atoms with E-state index in [0.717, 1.165) is 17.9 Å². The Labute approximate surface area is 108 Å². The smallest absolute Gasteiger partial charge is 0.00670 e. The molecule has 0 radical (unpaired) electrons. The van der Waals surface area contributed by atoms with Crippen LogP contribution in [-0.2, 0) is 0 Å². The number of nitrogens with one attached hydrogen (secondary N) is 1. The third kappa shape index (κ3) is 5.87. The summed E-state index contributed by atoms with van der Waals surface area (Å²) in [6.07, 6.45) is 5.46. The minimum absolute atomic E-state index is 0.761. The standard InChI is InChI=1S/C15H32N2/c1-5-17(14(4)7-6-13(2)3)12-15-8-10-16-11-9-15/h13-16H,5-12H2,1-4H3. The van der Waals surface area contributed by atoms with E-state index in [9.17, 15) is 0 Å². The summed E-state index contributed by atoms with van der Waals surface area (Å²) in [6, 6.07) is 0.761. The summed E-state index contributed by atoms with van der Waals surface area (Å²) in [5, 5.41) is 3.46. The molecule has 2 heteroatoms.